The lowest BCUT2D eigenvalue weighted by atomic mass is 9.88. The molecule has 5 heteroatoms. The molecule has 0 aromatic carbocycles. The van der Waals surface area contributed by atoms with Crippen molar-refractivity contribution in [3.05, 3.63) is 12.3 Å². The molecule has 2 atom stereocenters. The molecule has 18 heavy (non-hydrogen) atoms. The van der Waals surface area contributed by atoms with Gasteiger partial charge in [0.1, 0.15) is 5.82 Å². The zero-order chi connectivity index (χ0) is 12.4. The smallest absolute Gasteiger partial charge is 0.124 e. The lowest BCUT2D eigenvalue weighted by Crippen LogP contribution is -2.44. The molecular weight excluding hydrogens is 226 g/mol. The molecule has 0 spiro atoms. The minimum absolute atomic E-state index is 0.532. The van der Waals surface area contributed by atoms with Crippen LogP contribution in [-0.4, -0.2) is 42.5 Å². The minimum Gasteiger partial charge on any atom is -0.370 e. The van der Waals surface area contributed by atoms with Gasteiger partial charge >= 0.3 is 0 Å². The van der Waals surface area contributed by atoms with Crippen LogP contribution in [0.4, 0.5) is 5.82 Å². The van der Waals surface area contributed by atoms with E-state index in [-0.39, 0.29) is 0 Å². The van der Waals surface area contributed by atoms with E-state index in [1.54, 1.807) is 0 Å². The summed E-state index contributed by atoms with van der Waals surface area (Å²) in [5.41, 5.74) is 0. The van der Waals surface area contributed by atoms with Crippen LogP contribution in [0.25, 0.3) is 0 Å². The molecule has 3 rings (SSSR count). The Balaban J connectivity index is 1.57. The van der Waals surface area contributed by atoms with E-state index < -0.39 is 0 Å². The first kappa shape index (κ1) is 12.0. The first-order chi connectivity index (χ1) is 8.84. The Bertz CT molecular complexity index is 384. The molecule has 2 aliphatic rings. The zero-order valence-corrected chi connectivity index (χ0v) is 11.0. The van der Waals surface area contributed by atoms with Crippen molar-refractivity contribution in [2.24, 2.45) is 11.8 Å². The zero-order valence-electron chi connectivity index (χ0n) is 11.0. The Morgan fingerprint density at radius 2 is 2.28 bits per heavy atom. The molecule has 2 saturated heterocycles. The van der Waals surface area contributed by atoms with Gasteiger partial charge in [-0.25, -0.2) is 4.68 Å². The van der Waals surface area contributed by atoms with Gasteiger partial charge in [0.05, 0.1) is 12.2 Å². The van der Waals surface area contributed by atoms with E-state index in [0.29, 0.717) is 6.04 Å². The van der Waals surface area contributed by atoms with Crippen molar-refractivity contribution in [1.29, 1.82) is 0 Å². The normalized spacial score (nSPS) is 28.9. The summed E-state index contributed by atoms with van der Waals surface area (Å²) in [5, 5.41) is 14.8. The van der Waals surface area contributed by atoms with Crippen LogP contribution in [-0.2, 0) is 0 Å². The van der Waals surface area contributed by atoms with Crippen molar-refractivity contribution in [3.63, 3.8) is 0 Å². The maximum Gasteiger partial charge on any atom is 0.124 e. The second kappa shape index (κ2) is 5.28. The van der Waals surface area contributed by atoms with Crippen molar-refractivity contribution >= 4 is 5.82 Å². The molecule has 2 unspecified atom stereocenters. The highest BCUT2D eigenvalue weighted by molar-refractivity contribution is 5.35. The van der Waals surface area contributed by atoms with E-state index in [1.807, 2.05) is 6.20 Å². The average Bonchev–Trinajstić information content (AvgIpc) is 2.74. The molecular formula is C13H23N5. The molecule has 0 bridgehead atoms. The molecule has 3 heterocycles. The van der Waals surface area contributed by atoms with Gasteiger partial charge in [0, 0.05) is 25.7 Å². The Morgan fingerprint density at radius 1 is 1.39 bits per heavy atom. The number of hydrogen-bond acceptors (Lipinski definition) is 4. The molecule has 5 nitrogen and oxygen atoms in total. The molecule has 1 aromatic heterocycles. The highest BCUT2D eigenvalue weighted by atomic mass is 15.4. The number of aromatic nitrogens is 2. The summed E-state index contributed by atoms with van der Waals surface area (Å²) in [6, 6.07) is 2.61. The topological polar surface area (TPSA) is 53.9 Å². The predicted molar refractivity (Wildman–Crippen MR) is 72.8 cm³/mol. The van der Waals surface area contributed by atoms with E-state index in [9.17, 15) is 0 Å². The Hall–Kier alpha value is -1.07. The number of hydrogen-bond donors (Lipinski definition) is 3. The van der Waals surface area contributed by atoms with Gasteiger partial charge in [-0.2, -0.15) is 5.10 Å². The second-order valence-electron chi connectivity index (χ2n) is 5.58. The molecule has 2 aliphatic heterocycles. The van der Waals surface area contributed by atoms with Crippen LogP contribution in [0.1, 0.15) is 19.4 Å². The number of nitrogens with one attached hydrogen (secondary N) is 3. The highest BCUT2D eigenvalue weighted by Gasteiger charge is 2.23. The van der Waals surface area contributed by atoms with Crippen LogP contribution >= 0.6 is 0 Å². The summed E-state index contributed by atoms with van der Waals surface area (Å²) in [6.45, 7) is 7.78. The predicted octanol–water partition coefficient (Wildman–Crippen LogP) is 0.685. The van der Waals surface area contributed by atoms with Gasteiger partial charge in [0.25, 0.3) is 0 Å². The van der Waals surface area contributed by atoms with Crippen molar-refractivity contribution in [2.45, 2.75) is 19.4 Å². The summed E-state index contributed by atoms with van der Waals surface area (Å²) in [6.07, 6.45) is 3.18. The van der Waals surface area contributed by atoms with Gasteiger partial charge in [-0.05, 0) is 31.3 Å². The van der Waals surface area contributed by atoms with Gasteiger partial charge in [0.15, 0.2) is 0 Å². The fourth-order valence-corrected chi connectivity index (χ4v) is 2.75. The standard InChI is InChI=1S/C13H23N5/c1-10-2-4-14-6-11(10)7-16-13-3-5-17-18(13)12-8-15-9-12/h3,5,10-12,14-16H,2,4,6-9H2,1H3. The molecule has 0 saturated carbocycles. The molecule has 0 aliphatic carbocycles. The monoisotopic (exact) mass is 249 g/mol. The van der Waals surface area contributed by atoms with Crippen molar-refractivity contribution < 1.29 is 0 Å². The number of piperidine rings is 1. The van der Waals surface area contributed by atoms with E-state index in [0.717, 1.165) is 38.0 Å². The molecule has 0 radical (unpaired) electrons. The summed E-state index contributed by atoms with van der Waals surface area (Å²) in [7, 11) is 0. The van der Waals surface area contributed by atoms with E-state index >= 15 is 0 Å². The summed E-state index contributed by atoms with van der Waals surface area (Å²) in [5.74, 6) is 2.70. The quantitative estimate of drug-likeness (QED) is 0.735. The fourth-order valence-electron chi connectivity index (χ4n) is 2.75. The van der Waals surface area contributed by atoms with Gasteiger partial charge in [0.2, 0.25) is 0 Å². The van der Waals surface area contributed by atoms with E-state index in [1.165, 1.54) is 18.8 Å². The summed E-state index contributed by atoms with van der Waals surface area (Å²) >= 11 is 0. The number of anilines is 1. The Kier molecular flexibility index (Phi) is 3.52. The van der Waals surface area contributed by atoms with E-state index in [2.05, 4.69) is 38.7 Å². The van der Waals surface area contributed by atoms with Crippen LogP contribution in [0.3, 0.4) is 0 Å². The lowest BCUT2D eigenvalue weighted by Gasteiger charge is -2.31. The first-order valence-corrected chi connectivity index (χ1v) is 7.03. The molecule has 100 valence electrons. The van der Waals surface area contributed by atoms with Crippen LogP contribution < -0.4 is 16.0 Å². The minimum atomic E-state index is 0.532. The maximum atomic E-state index is 4.42. The maximum absolute atomic E-state index is 4.42. The molecule has 1 aromatic rings. The van der Waals surface area contributed by atoms with Crippen LogP contribution in [0.15, 0.2) is 12.3 Å². The summed E-state index contributed by atoms with van der Waals surface area (Å²) < 4.78 is 2.12. The molecule has 2 fully saturated rings. The third-order valence-corrected chi connectivity index (χ3v) is 4.31. The van der Waals surface area contributed by atoms with Gasteiger partial charge < -0.3 is 16.0 Å². The van der Waals surface area contributed by atoms with Gasteiger partial charge in [-0.1, -0.05) is 6.92 Å². The third-order valence-electron chi connectivity index (χ3n) is 4.31. The van der Waals surface area contributed by atoms with E-state index in [4.69, 9.17) is 0 Å². The Morgan fingerprint density at radius 3 is 3.00 bits per heavy atom. The van der Waals surface area contributed by atoms with Gasteiger partial charge in [-0.15, -0.1) is 0 Å². The average molecular weight is 249 g/mol. The van der Waals surface area contributed by atoms with Crippen LogP contribution in [0, 0.1) is 11.8 Å². The fraction of sp³-hybridized carbons (Fsp3) is 0.769. The number of rotatable bonds is 4. The SMILES string of the molecule is CC1CCNCC1CNc1ccnn1C1CNC1. The number of nitrogens with zero attached hydrogens (tertiary/aromatic N) is 2. The van der Waals surface area contributed by atoms with Crippen LogP contribution in [0.2, 0.25) is 0 Å². The Labute approximate surface area is 108 Å². The largest absolute Gasteiger partial charge is 0.370 e. The van der Waals surface area contributed by atoms with Crippen LogP contribution in [0.5, 0.6) is 0 Å². The van der Waals surface area contributed by atoms with Crippen molar-refractivity contribution in [3.8, 4) is 0 Å². The third kappa shape index (κ3) is 2.37. The van der Waals surface area contributed by atoms with Crippen molar-refractivity contribution in [2.75, 3.05) is 38.0 Å². The van der Waals surface area contributed by atoms with Crippen molar-refractivity contribution in [1.82, 2.24) is 20.4 Å². The lowest BCUT2D eigenvalue weighted by molar-refractivity contribution is 0.284. The molecule has 3 N–H and O–H groups in total. The second-order valence-corrected chi connectivity index (χ2v) is 5.58. The highest BCUT2D eigenvalue weighted by Crippen LogP contribution is 2.21. The summed E-state index contributed by atoms with van der Waals surface area (Å²) in [4.78, 5) is 0. The molecule has 0 amide bonds. The van der Waals surface area contributed by atoms with Gasteiger partial charge in [-0.3, -0.25) is 0 Å². The first-order valence-electron chi connectivity index (χ1n) is 7.03.